The first kappa shape index (κ1) is 24.0. The fraction of sp³-hybridized carbons (Fsp3) is 0.375. The highest BCUT2D eigenvalue weighted by Crippen LogP contribution is 2.60. The fourth-order valence-corrected chi connectivity index (χ4v) is 8.46. The zero-order valence-electron chi connectivity index (χ0n) is 21.8. The van der Waals surface area contributed by atoms with E-state index < -0.39 is 0 Å². The van der Waals surface area contributed by atoms with Crippen molar-refractivity contribution >= 4 is 39.0 Å². The summed E-state index contributed by atoms with van der Waals surface area (Å²) in [5, 5.41) is 5.09. The van der Waals surface area contributed by atoms with Crippen molar-refractivity contribution in [2.24, 2.45) is 22.9 Å². The molecule has 4 bridgehead atoms. The standard InChI is InChI=1S/C32H32BrN3O2/c1-19-9-25(18-34-35-31(37)30-14-24-13-27(33)5-8-29(24)38-30)20(2)36(19)28-6-3-26(4-7-28)32-15-21-10-22(16-32)12-23(11-21)17-32/h3-9,13-14,18,21-23H,10-12,15-17H2,1-2H3,(H,35,37). The molecule has 8 rings (SSSR count). The average molecular weight is 571 g/mol. The number of carbonyl (C=O) groups is 1. The molecule has 0 radical (unpaired) electrons. The van der Waals surface area contributed by atoms with Gasteiger partial charge in [-0.3, -0.25) is 4.79 Å². The van der Waals surface area contributed by atoms with Gasteiger partial charge in [0.05, 0.1) is 6.21 Å². The topological polar surface area (TPSA) is 59.5 Å². The van der Waals surface area contributed by atoms with Gasteiger partial charge in [0, 0.05) is 32.5 Å². The van der Waals surface area contributed by atoms with E-state index in [2.05, 4.69) is 75.2 Å². The minimum absolute atomic E-state index is 0.236. The highest BCUT2D eigenvalue weighted by Gasteiger charge is 2.51. The Morgan fingerprint density at radius 2 is 1.68 bits per heavy atom. The van der Waals surface area contributed by atoms with Gasteiger partial charge in [-0.1, -0.05) is 28.1 Å². The van der Waals surface area contributed by atoms with Crippen LogP contribution in [0.15, 0.2) is 68.6 Å². The quantitative estimate of drug-likeness (QED) is 0.196. The molecule has 4 fully saturated rings. The lowest BCUT2D eigenvalue weighted by atomic mass is 9.48. The minimum Gasteiger partial charge on any atom is -0.451 e. The van der Waals surface area contributed by atoms with E-state index in [1.165, 1.54) is 44.2 Å². The van der Waals surface area contributed by atoms with E-state index >= 15 is 0 Å². The Morgan fingerprint density at radius 1 is 1.00 bits per heavy atom. The van der Waals surface area contributed by atoms with Crippen molar-refractivity contribution in [2.45, 2.75) is 57.8 Å². The lowest BCUT2D eigenvalue weighted by molar-refractivity contribution is -0.00518. The SMILES string of the molecule is Cc1cc(C=NNC(=O)c2cc3cc(Br)ccc3o2)c(C)n1-c1ccc(C23CC4CC(CC(C4)C2)C3)cc1. The van der Waals surface area contributed by atoms with Crippen molar-refractivity contribution in [2.75, 3.05) is 0 Å². The van der Waals surface area contributed by atoms with Crippen LogP contribution in [0.25, 0.3) is 16.7 Å². The molecular formula is C32H32BrN3O2. The average Bonchev–Trinajstić information content (AvgIpc) is 3.43. The van der Waals surface area contributed by atoms with E-state index in [9.17, 15) is 4.79 Å². The predicted octanol–water partition coefficient (Wildman–Crippen LogP) is 7.83. The summed E-state index contributed by atoms with van der Waals surface area (Å²) < 4.78 is 8.87. The first-order valence-corrected chi connectivity index (χ1v) is 14.5. The zero-order chi connectivity index (χ0) is 26.0. The number of halogens is 1. The Morgan fingerprint density at radius 3 is 2.37 bits per heavy atom. The van der Waals surface area contributed by atoms with Crippen molar-refractivity contribution in [3.05, 3.63) is 87.3 Å². The van der Waals surface area contributed by atoms with Crippen LogP contribution in [0.5, 0.6) is 0 Å². The summed E-state index contributed by atoms with van der Waals surface area (Å²) in [7, 11) is 0. The van der Waals surface area contributed by atoms with Gasteiger partial charge in [0.25, 0.3) is 0 Å². The number of aromatic nitrogens is 1. The first-order chi connectivity index (χ1) is 18.4. The van der Waals surface area contributed by atoms with Gasteiger partial charge in [0.15, 0.2) is 5.76 Å². The molecule has 2 heterocycles. The maximum Gasteiger partial charge on any atom is 0.307 e. The molecular weight excluding hydrogens is 538 g/mol. The number of hydrogen-bond acceptors (Lipinski definition) is 3. The molecule has 4 aliphatic carbocycles. The molecule has 0 unspecified atom stereocenters. The molecule has 1 amide bonds. The maximum atomic E-state index is 12.6. The molecule has 0 atom stereocenters. The van der Waals surface area contributed by atoms with Gasteiger partial charge in [-0.25, -0.2) is 5.43 Å². The lowest BCUT2D eigenvalue weighted by Crippen LogP contribution is -2.48. The second-order valence-corrected chi connectivity index (χ2v) is 12.8. The van der Waals surface area contributed by atoms with E-state index in [4.69, 9.17) is 4.42 Å². The summed E-state index contributed by atoms with van der Waals surface area (Å²) in [6, 6.07) is 18.8. The van der Waals surface area contributed by atoms with Crippen molar-refractivity contribution in [3.63, 3.8) is 0 Å². The van der Waals surface area contributed by atoms with Crippen molar-refractivity contribution < 1.29 is 9.21 Å². The summed E-state index contributed by atoms with van der Waals surface area (Å²) in [5.41, 5.74) is 9.61. The number of hydrogen-bond donors (Lipinski definition) is 1. The van der Waals surface area contributed by atoms with Crippen molar-refractivity contribution in [3.8, 4) is 5.69 Å². The third kappa shape index (κ3) is 4.05. The Balaban J connectivity index is 1.08. The number of benzene rings is 2. The van der Waals surface area contributed by atoms with Gasteiger partial charge >= 0.3 is 5.91 Å². The van der Waals surface area contributed by atoms with E-state index in [-0.39, 0.29) is 11.7 Å². The van der Waals surface area contributed by atoms with Crippen molar-refractivity contribution in [1.82, 2.24) is 9.99 Å². The zero-order valence-corrected chi connectivity index (χ0v) is 23.4. The summed E-state index contributed by atoms with van der Waals surface area (Å²) >= 11 is 3.45. The smallest absolute Gasteiger partial charge is 0.307 e. The molecule has 194 valence electrons. The molecule has 0 saturated heterocycles. The first-order valence-electron chi connectivity index (χ1n) is 13.7. The molecule has 5 nitrogen and oxygen atoms in total. The van der Waals surface area contributed by atoms with E-state index in [0.29, 0.717) is 11.0 Å². The molecule has 1 N–H and O–H groups in total. The van der Waals surface area contributed by atoms with E-state index in [1.807, 2.05) is 18.2 Å². The second kappa shape index (κ2) is 8.98. The molecule has 4 aromatic rings. The number of carbonyl (C=O) groups excluding carboxylic acids is 1. The number of amides is 1. The second-order valence-electron chi connectivity index (χ2n) is 11.9. The van der Waals surface area contributed by atoms with Crippen LogP contribution in [0, 0.1) is 31.6 Å². The van der Waals surface area contributed by atoms with E-state index in [1.54, 1.807) is 17.8 Å². The van der Waals surface area contributed by atoms with E-state index in [0.717, 1.165) is 44.6 Å². The summed E-state index contributed by atoms with van der Waals surface area (Å²) in [6.07, 6.45) is 10.3. The van der Waals surface area contributed by atoms with Crippen LogP contribution in [0.4, 0.5) is 0 Å². The maximum absolute atomic E-state index is 12.6. The minimum atomic E-state index is -0.373. The van der Waals surface area contributed by atoms with Gasteiger partial charge in [-0.2, -0.15) is 5.10 Å². The highest BCUT2D eigenvalue weighted by molar-refractivity contribution is 9.10. The molecule has 4 aliphatic rings. The summed E-state index contributed by atoms with van der Waals surface area (Å²) in [5.74, 6) is 2.71. The predicted molar refractivity (Wildman–Crippen MR) is 154 cm³/mol. The van der Waals surface area contributed by atoms with Crippen LogP contribution >= 0.6 is 15.9 Å². The third-order valence-corrected chi connectivity index (χ3v) is 9.81. The molecule has 2 aromatic carbocycles. The monoisotopic (exact) mass is 569 g/mol. The Bertz CT molecular complexity index is 1540. The highest BCUT2D eigenvalue weighted by atomic mass is 79.9. The Hall–Kier alpha value is -3.12. The number of aryl methyl sites for hydroxylation is 1. The molecule has 4 saturated carbocycles. The van der Waals surface area contributed by atoms with Gasteiger partial charge in [0.1, 0.15) is 5.58 Å². The van der Waals surface area contributed by atoms with Gasteiger partial charge in [-0.15, -0.1) is 0 Å². The van der Waals surface area contributed by atoms with Gasteiger partial charge < -0.3 is 8.98 Å². The molecule has 6 heteroatoms. The normalized spacial score (nSPS) is 26.0. The van der Waals surface area contributed by atoms with Crippen LogP contribution in [0.3, 0.4) is 0 Å². The van der Waals surface area contributed by atoms with Gasteiger partial charge in [0.2, 0.25) is 0 Å². The number of fused-ring (bicyclic) bond motifs is 1. The largest absolute Gasteiger partial charge is 0.451 e. The molecule has 0 spiro atoms. The molecule has 38 heavy (non-hydrogen) atoms. The lowest BCUT2D eigenvalue weighted by Gasteiger charge is -2.57. The Labute approximate surface area is 231 Å². The molecule has 2 aromatic heterocycles. The summed E-state index contributed by atoms with van der Waals surface area (Å²) in [6.45, 7) is 4.21. The fourth-order valence-electron chi connectivity index (χ4n) is 8.09. The van der Waals surface area contributed by atoms with Crippen LogP contribution in [-0.4, -0.2) is 16.7 Å². The van der Waals surface area contributed by atoms with Crippen LogP contribution in [-0.2, 0) is 5.41 Å². The Kier molecular flexibility index (Phi) is 5.66. The number of nitrogens with zero attached hydrogens (tertiary/aromatic N) is 2. The van der Waals surface area contributed by atoms with Crippen molar-refractivity contribution in [1.29, 1.82) is 0 Å². The number of hydrazone groups is 1. The van der Waals surface area contributed by atoms with Crippen LogP contribution < -0.4 is 5.43 Å². The van der Waals surface area contributed by atoms with Crippen LogP contribution in [0.1, 0.15) is 71.6 Å². The summed E-state index contributed by atoms with van der Waals surface area (Å²) in [4.78, 5) is 12.6. The number of rotatable bonds is 5. The number of nitrogens with one attached hydrogen (secondary N) is 1. The van der Waals surface area contributed by atoms with Gasteiger partial charge in [-0.05, 0) is 124 Å². The molecule has 0 aliphatic heterocycles. The number of furan rings is 1. The van der Waals surface area contributed by atoms with Crippen LogP contribution in [0.2, 0.25) is 0 Å². The third-order valence-electron chi connectivity index (χ3n) is 9.32.